The molecule has 0 radical (unpaired) electrons. The minimum atomic E-state index is -0.353. The van der Waals surface area contributed by atoms with Gasteiger partial charge < -0.3 is 4.74 Å². The van der Waals surface area contributed by atoms with Gasteiger partial charge in [-0.1, -0.05) is 23.5 Å². The molecule has 2 aromatic heterocycles. The number of nitrogens with zero attached hydrogens (tertiary/aromatic N) is 4. The van der Waals surface area contributed by atoms with Crippen molar-refractivity contribution >= 4 is 33.3 Å². The van der Waals surface area contributed by atoms with Gasteiger partial charge in [0, 0.05) is 6.61 Å². The molecule has 9 heteroatoms. The fourth-order valence-electron chi connectivity index (χ4n) is 2.72. The Bertz CT molecular complexity index is 977. The Hall–Kier alpha value is -2.65. The summed E-state index contributed by atoms with van der Waals surface area (Å²) in [7, 11) is 0. The molecule has 128 valence electrons. The van der Waals surface area contributed by atoms with Gasteiger partial charge in [-0.15, -0.1) is 10.2 Å². The van der Waals surface area contributed by atoms with Crippen molar-refractivity contribution in [3.05, 3.63) is 46.0 Å². The van der Waals surface area contributed by atoms with Gasteiger partial charge in [-0.25, -0.2) is 4.98 Å². The number of amides is 1. The minimum absolute atomic E-state index is 0.0320. The number of carbonyl (C=O) groups is 1. The van der Waals surface area contributed by atoms with Gasteiger partial charge in [0.25, 0.3) is 5.56 Å². The molecule has 1 amide bonds. The van der Waals surface area contributed by atoms with Crippen LogP contribution in [0.15, 0.2) is 35.4 Å². The Labute approximate surface area is 146 Å². The van der Waals surface area contributed by atoms with Crippen molar-refractivity contribution in [3.8, 4) is 0 Å². The molecule has 0 aliphatic carbocycles. The van der Waals surface area contributed by atoms with E-state index in [1.807, 2.05) is 6.07 Å². The first-order chi connectivity index (χ1) is 12.2. The van der Waals surface area contributed by atoms with Crippen molar-refractivity contribution < 1.29 is 9.53 Å². The van der Waals surface area contributed by atoms with Gasteiger partial charge in [-0.2, -0.15) is 0 Å². The van der Waals surface area contributed by atoms with E-state index in [2.05, 4.69) is 20.5 Å². The second-order valence-corrected chi connectivity index (χ2v) is 6.70. The molecule has 0 spiro atoms. The topological polar surface area (TPSA) is 99.0 Å². The number of rotatable bonds is 4. The molecule has 4 rings (SSSR count). The smallest absolute Gasteiger partial charge is 0.261 e. The second-order valence-electron chi connectivity index (χ2n) is 5.69. The van der Waals surface area contributed by atoms with Crippen LogP contribution in [0.5, 0.6) is 0 Å². The van der Waals surface area contributed by atoms with Crippen LogP contribution in [0.3, 0.4) is 0 Å². The van der Waals surface area contributed by atoms with Crippen molar-refractivity contribution in [2.24, 2.45) is 0 Å². The van der Waals surface area contributed by atoms with Gasteiger partial charge in [0.05, 0.1) is 17.2 Å². The Morgan fingerprint density at radius 1 is 1.36 bits per heavy atom. The number of nitrogens with one attached hydrogen (secondary N) is 1. The summed E-state index contributed by atoms with van der Waals surface area (Å²) in [5, 5.41) is 12.3. The average molecular weight is 357 g/mol. The predicted molar refractivity (Wildman–Crippen MR) is 92.5 cm³/mol. The largest absolute Gasteiger partial charge is 0.371 e. The second kappa shape index (κ2) is 6.69. The van der Waals surface area contributed by atoms with E-state index < -0.39 is 0 Å². The summed E-state index contributed by atoms with van der Waals surface area (Å²) in [5.41, 5.74) is 0.354. The summed E-state index contributed by atoms with van der Waals surface area (Å²) in [4.78, 5) is 28.8. The van der Waals surface area contributed by atoms with Crippen molar-refractivity contribution in [2.75, 3.05) is 11.9 Å². The number of benzene rings is 1. The van der Waals surface area contributed by atoms with E-state index in [1.165, 1.54) is 22.2 Å². The highest BCUT2D eigenvalue weighted by atomic mass is 32.1. The normalized spacial score (nSPS) is 17.0. The van der Waals surface area contributed by atoms with E-state index in [0.717, 1.165) is 24.5 Å². The van der Waals surface area contributed by atoms with Crippen molar-refractivity contribution in [1.82, 2.24) is 19.7 Å². The number of carbonyl (C=O) groups excluding carboxylic acids is 1. The molecule has 1 atom stereocenters. The maximum absolute atomic E-state index is 12.4. The molecular formula is C16H15N5O3S. The Balaban J connectivity index is 1.47. The molecule has 1 saturated heterocycles. The first kappa shape index (κ1) is 15.9. The number of ether oxygens (including phenoxy) is 1. The van der Waals surface area contributed by atoms with Gasteiger partial charge >= 0.3 is 0 Å². The molecule has 25 heavy (non-hydrogen) atoms. The Morgan fingerprint density at radius 3 is 3.08 bits per heavy atom. The van der Waals surface area contributed by atoms with E-state index in [1.54, 1.807) is 18.2 Å². The van der Waals surface area contributed by atoms with Crippen LogP contribution in [-0.4, -0.2) is 32.3 Å². The van der Waals surface area contributed by atoms with Crippen LogP contribution in [0.1, 0.15) is 24.0 Å². The molecule has 1 unspecified atom stereocenters. The minimum Gasteiger partial charge on any atom is -0.371 e. The monoisotopic (exact) mass is 357 g/mol. The maximum atomic E-state index is 12.4. The molecule has 3 heterocycles. The summed E-state index contributed by atoms with van der Waals surface area (Å²) < 4.78 is 6.83. The SMILES string of the molecule is O=C(Cn1cnc2ccccc2c1=O)Nc1nnc(C2CCCO2)s1. The maximum Gasteiger partial charge on any atom is 0.261 e. The first-order valence-electron chi connectivity index (χ1n) is 7.90. The van der Waals surface area contributed by atoms with E-state index in [0.29, 0.717) is 16.0 Å². The van der Waals surface area contributed by atoms with E-state index >= 15 is 0 Å². The van der Waals surface area contributed by atoms with E-state index in [4.69, 9.17) is 4.74 Å². The average Bonchev–Trinajstić information content (AvgIpc) is 3.29. The fourth-order valence-corrected chi connectivity index (χ4v) is 3.56. The lowest BCUT2D eigenvalue weighted by Gasteiger charge is -2.06. The van der Waals surface area contributed by atoms with E-state index in [9.17, 15) is 9.59 Å². The van der Waals surface area contributed by atoms with Gasteiger partial charge in [-0.3, -0.25) is 19.5 Å². The van der Waals surface area contributed by atoms with Crippen LogP contribution >= 0.6 is 11.3 Å². The summed E-state index contributed by atoms with van der Waals surface area (Å²) in [6.07, 6.45) is 3.27. The zero-order chi connectivity index (χ0) is 17.2. The number of aromatic nitrogens is 4. The zero-order valence-electron chi connectivity index (χ0n) is 13.2. The van der Waals surface area contributed by atoms with Crippen molar-refractivity contribution in [2.45, 2.75) is 25.5 Å². The highest BCUT2D eigenvalue weighted by Crippen LogP contribution is 2.31. The van der Waals surface area contributed by atoms with Gasteiger partial charge in [0.15, 0.2) is 0 Å². The quantitative estimate of drug-likeness (QED) is 0.763. The van der Waals surface area contributed by atoms with Crippen LogP contribution in [-0.2, 0) is 16.1 Å². The zero-order valence-corrected chi connectivity index (χ0v) is 14.0. The summed E-state index contributed by atoms with van der Waals surface area (Å²) in [6, 6.07) is 7.03. The van der Waals surface area contributed by atoms with Crippen LogP contribution in [0.2, 0.25) is 0 Å². The van der Waals surface area contributed by atoms with Crippen LogP contribution in [0, 0.1) is 0 Å². The van der Waals surface area contributed by atoms with Gasteiger partial charge in [0.2, 0.25) is 11.0 Å². The third-order valence-corrected chi connectivity index (χ3v) is 4.87. The number of fused-ring (bicyclic) bond motifs is 1. The third-order valence-electron chi connectivity index (χ3n) is 3.94. The Kier molecular flexibility index (Phi) is 4.24. The highest BCUT2D eigenvalue weighted by Gasteiger charge is 2.22. The van der Waals surface area contributed by atoms with Crippen LogP contribution in [0.25, 0.3) is 10.9 Å². The molecular weight excluding hydrogens is 342 g/mol. The van der Waals surface area contributed by atoms with Crippen LogP contribution in [0.4, 0.5) is 5.13 Å². The van der Waals surface area contributed by atoms with Gasteiger partial charge in [-0.05, 0) is 25.0 Å². The molecule has 0 saturated carbocycles. The molecule has 1 N–H and O–H groups in total. The van der Waals surface area contributed by atoms with Crippen molar-refractivity contribution in [3.63, 3.8) is 0 Å². The van der Waals surface area contributed by atoms with E-state index in [-0.39, 0.29) is 24.1 Å². The Morgan fingerprint density at radius 2 is 2.24 bits per heavy atom. The molecule has 1 aliphatic heterocycles. The van der Waals surface area contributed by atoms with Crippen molar-refractivity contribution in [1.29, 1.82) is 0 Å². The number of hydrogen-bond acceptors (Lipinski definition) is 7. The lowest BCUT2D eigenvalue weighted by Crippen LogP contribution is -2.27. The predicted octanol–water partition coefficient (Wildman–Crippen LogP) is 1.74. The molecule has 1 fully saturated rings. The molecule has 1 aliphatic rings. The molecule has 0 bridgehead atoms. The highest BCUT2D eigenvalue weighted by molar-refractivity contribution is 7.15. The number of para-hydroxylation sites is 1. The fraction of sp³-hybridized carbons (Fsp3) is 0.312. The molecule has 1 aromatic carbocycles. The first-order valence-corrected chi connectivity index (χ1v) is 8.71. The van der Waals surface area contributed by atoms with Crippen LogP contribution < -0.4 is 10.9 Å². The summed E-state index contributed by atoms with van der Waals surface area (Å²) >= 11 is 1.29. The third kappa shape index (κ3) is 3.28. The number of anilines is 1. The standard InChI is InChI=1S/C16H15N5O3S/c22-13(18-16-20-19-14(25-16)12-6-3-7-24-12)8-21-9-17-11-5-2-1-4-10(11)15(21)23/h1-2,4-5,9,12H,3,6-8H2,(H,18,20,22). The van der Waals surface area contributed by atoms with Gasteiger partial charge in [0.1, 0.15) is 17.7 Å². The molecule has 3 aromatic rings. The number of hydrogen-bond donors (Lipinski definition) is 1. The summed E-state index contributed by atoms with van der Waals surface area (Å²) in [6.45, 7) is 0.593. The lowest BCUT2D eigenvalue weighted by atomic mass is 10.2. The summed E-state index contributed by atoms with van der Waals surface area (Å²) in [5.74, 6) is -0.353. The molecule has 8 nitrogen and oxygen atoms in total. The lowest BCUT2D eigenvalue weighted by molar-refractivity contribution is -0.116.